The maximum atomic E-state index is 11.8. The predicted molar refractivity (Wildman–Crippen MR) is 59.8 cm³/mol. The third kappa shape index (κ3) is 2.98. The van der Waals surface area contributed by atoms with Crippen LogP contribution in [0.25, 0.3) is 0 Å². The van der Waals surface area contributed by atoms with Gasteiger partial charge in [-0.05, 0) is 25.2 Å². The molecule has 3 amide bonds. The lowest BCUT2D eigenvalue weighted by atomic mass is 10.1. The van der Waals surface area contributed by atoms with Crippen molar-refractivity contribution in [2.75, 3.05) is 19.8 Å². The highest BCUT2D eigenvalue weighted by Crippen LogP contribution is 2.37. The molecule has 2 fully saturated rings. The van der Waals surface area contributed by atoms with Crippen molar-refractivity contribution in [1.82, 2.24) is 10.2 Å². The predicted octanol–water partition coefficient (Wildman–Crippen LogP) is -0.192. The molecule has 1 aliphatic heterocycles. The molecule has 0 aromatic rings. The summed E-state index contributed by atoms with van der Waals surface area (Å²) in [7, 11) is 0. The molecular formula is C11H16N2O5. The number of urea groups is 1. The molecule has 1 saturated heterocycles. The number of rotatable bonds is 4. The molecule has 18 heavy (non-hydrogen) atoms. The van der Waals surface area contributed by atoms with Crippen LogP contribution in [0.2, 0.25) is 0 Å². The van der Waals surface area contributed by atoms with E-state index in [0.29, 0.717) is 12.5 Å². The lowest BCUT2D eigenvalue weighted by Crippen LogP contribution is -2.47. The standard InChI is InChI=1S/C11H16N2O5/c14-9(5-18-6-10(15)16)12-11(17)13-4-7-1-2-8(13)3-7/h7-8H,1-6H2,(H,15,16)(H,12,14,17). The van der Waals surface area contributed by atoms with Crippen LogP contribution in [0.1, 0.15) is 19.3 Å². The molecule has 1 heterocycles. The van der Waals surface area contributed by atoms with E-state index >= 15 is 0 Å². The summed E-state index contributed by atoms with van der Waals surface area (Å²) in [5, 5.41) is 10.5. The van der Waals surface area contributed by atoms with Gasteiger partial charge < -0.3 is 14.7 Å². The van der Waals surface area contributed by atoms with Gasteiger partial charge in [0.05, 0.1) is 0 Å². The summed E-state index contributed by atoms with van der Waals surface area (Å²) in [4.78, 5) is 34.9. The number of imide groups is 1. The molecule has 0 radical (unpaired) electrons. The fourth-order valence-corrected chi connectivity index (χ4v) is 2.63. The number of piperidine rings is 1. The first-order valence-electron chi connectivity index (χ1n) is 5.96. The number of likely N-dealkylation sites (tertiary alicyclic amines) is 1. The van der Waals surface area contributed by atoms with Crippen molar-refractivity contribution < 1.29 is 24.2 Å². The molecule has 0 aromatic heterocycles. The maximum Gasteiger partial charge on any atom is 0.329 e. The fraction of sp³-hybridized carbons (Fsp3) is 0.727. The molecule has 1 aliphatic carbocycles. The third-order valence-electron chi connectivity index (χ3n) is 3.38. The fourth-order valence-electron chi connectivity index (χ4n) is 2.63. The molecule has 2 unspecified atom stereocenters. The third-order valence-corrected chi connectivity index (χ3v) is 3.38. The Bertz CT molecular complexity index is 370. The summed E-state index contributed by atoms with van der Waals surface area (Å²) in [6.45, 7) is -0.254. The van der Waals surface area contributed by atoms with Crippen LogP contribution in [0.5, 0.6) is 0 Å². The zero-order chi connectivity index (χ0) is 13.1. The number of fused-ring (bicyclic) bond motifs is 2. The van der Waals surface area contributed by atoms with Crippen molar-refractivity contribution in [3.8, 4) is 0 Å². The summed E-state index contributed by atoms with van der Waals surface area (Å²) < 4.78 is 4.60. The van der Waals surface area contributed by atoms with Gasteiger partial charge in [0.25, 0.3) is 5.91 Å². The van der Waals surface area contributed by atoms with Crippen LogP contribution in [-0.2, 0) is 14.3 Å². The Labute approximate surface area is 104 Å². The second kappa shape index (κ2) is 5.34. The van der Waals surface area contributed by atoms with Gasteiger partial charge in [-0.25, -0.2) is 9.59 Å². The summed E-state index contributed by atoms with van der Waals surface area (Å²) in [5.41, 5.74) is 0. The van der Waals surface area contributed by atoms with Gasteiger partial charge in [-0.15, -0.1) is 0 Å². The van der Waals surface area contributed by atoms with Gasteiger partial charge in [0.2, 0.25) is 0 Å². The Hall–Kier alpha value is -1.63. The largest absolute Gasteiger partial charge is 0.480 e. The van der Waals surface area contributed by atoms with E-state index in [2.05, 4.69) is 10.1 Å². The SMILES string of the molecule is O=C(O)COCC(=O)NC(=O)N1CC2CCC1C2. The highest BCUT2D eigenvalue weighted by atomic mass is 16.5. The van der Waals surface area contributed by atoms with Crippen molar-refractivity contribution in [2.45, 2.75) is 25.3 Å². The topological polar surface area (TPSA) is 95.9 Å². The highest BCUT2D eigenvalue weighted by Gasteiger charge is 2.40. The van der Waals surface area contributed by atoms with E-state index in [1.807, 2.05) is 0 Å². The van der Waals surface area contributed by atoms with Gasteiger partial charge in [-0.3, -0.25) is 10.1 Å². The number of carbonyl (C=O) groups is 3. The van der Waals surface area contributed by atoms with E-state index < -0.39 is 31.1 Å². The minimum atomic E-state index is -1.15. The number of carboxylic acids is 1. The van der Waals surface area contributed by atoms with Crippen LogP contribution < -0.4 is 5.32 Å². The molecule has 2 rings (SSSR count). The molecule has 7 nitrogen and oxygen atoms in total. The van der Waals surface area contributed by atoms with E-state index in [0.717, 1.165) is 19.3 Å². The van der Waals surface area contributed by atoms with Crippen LogP contribution in [0.15, 0.2) is 0 Å². The zero-order valence-corrected chi connectivity index (χ0v) is 9.92. The minimum absolute atomic E-state index is 0.253. The van der Waals surface area contributed by atoms with Gasteiger partial charge >= 0.3 is 12.0 Å². The first-order valence-corrected chi connectivity index (χ1v) is 5.96. The summed E-state index contributed by atoms with van der Waals surface area (Å²) >= 11 is 0. The number of amides is 3. The normalized spacial score (nSPS) is 25.2. The van der Waals surface area contributed by atoms with Crippen molar-refractivity contribution >= 4 is 17.9 Å². The van der Waals surface area contributed by atoms with Gasteiger partial charge in [0.15, 0.2) is 0 Å². The smallest absolute Gasteiger partial charge is 0.329 e. The quantitative estimate of drug-likeness (QED) is 0.726. The Balaban J connectivity index is 1.71. The van der Waals surface area contributed by atoms with E-state index in [-0.39, 0.29) is 6.04 Å². The maximum absolute atomic E-state index is 11.8. The Morgan fingerprint density at radius 2 is 2.06 bits per heavy atom. The van der Waals surface area contributed by atoms with Gasteiger partial charge in [0.1, 0.15) is 13.2 Å². The van der Waals surface area contributed by atoms with Crippen LogP contribution in [0, 0.1) is 5.92 Å². The van der Waals surface area contributed by atoms with Crippen LogP contribution in [-0.4, -0.2) is 53.7 Å². The Kier molecular flexibility index (Phi) is 3.81. The minimum Gasteiger partial charge on any atom is -0.480 e. The second-order valence-corrected chi connectivity index (χ2v) is 4.73. The lowest BCUT2D eigenvalue weighted by molar-refractivity contribution is -0.143. The van der Waals surface area contributed by atoms with E-state index in [1.165, 1.54) is 0 Å². The van der Waals surface area contributed by atoms with Crippen LogP contribution in [0.3, 0.4) is 0 Å². The van der Waals surface area contributed by atoms with Crippen LogP contribution in [0.4, 0.5) is 4.79 Å². The van der Waals surface area contributed by atoms with Gasteiger partial charge in [-0.2, -0.15) is 0 Å². The first kappa shape index (κ1) is 12.8. The molecule has 2 bridgehead atoms. The average molecular weight is 256 g/mol. The number of carboxylic acid groups (broad SMARTS) is 1. The number of hydrogen-bond acceptors (Lipinski definition) is 4. The number of nitrogens with zero attached hydrogens (tertiary/aromatic N) is 1. The van der Waals surface area contributed by atoms with Crippen molar-refractivity contribution in [3.05, 3.63) is 0 Å². The summed E-state index contributed by atoms with van der Waals surface area (Å²) in [5.74, 6) is -1.19. The molecule has 2 atom stereocenters. The van der Waals surface area contributed by atoms with Crippen molar-refractivity contribution in [1.29, 1.82) is 0 Å². The number of aliphatic carboxylic acids is 1. The summed E-state index contributed by atoms with van der Waals surface area (Å²) in [6, 6.07) is -0.145. The van der Waals surface area contributed by atoms with Crippen LogP contribution >= 0.6 is 0 Å². The lowest BCUT2D eigenvalue weighted by Gasteiger charge is -2.26. The average Bonchev–Trinajstić information content (AvgIpc) is 2.89. The highest BCUT2D eigenvalue weighted by molar-refractivity contribution is 5.95. The number of nitrogens with one attached hydrogen (secondary N) is 1. The Morgan fingerprint density at radius 1 is 1.28 bits per heavy atom. The molecule has 0 spiro atoms. The molecule has 0 aromatic carbocycles. The van der Waals surface area contributed by atoms with E-state index in [9.17, 15) is 14.4 Å². The Morgan fingerprint density at radius 3 is 2.61 bits per heavy atom. The second-order valence-electron chi connectivity index (χ2n) is 4.73. The molecule has 1 saturated carbocycles. The van der Waals surface area contributed by atoms with Crippen molar-refractivity contribution in [3.63, 3.8) is 0 Å². The van der Waals surface area contributed by atoms with Gasteiger partial charge in [0, 0.05) is 12.6 Å². The first-order chi connectivity index (χ1) is 8.56. The van der Waals surface area contributed by atoms with E-state index in [4.69, 9.17) is 5.11 Å². The molecule has 2 aliphatic rings. The molecular weight excluding hydrogens is 240 g/mol. The molecule has 100 valence electrons. The number of ether oxygens (including phenoxy) is 1. The zero-order valence-electron chi connectivity index (χ0n) is 9.92. The monoisotopic (exact) mass is 256 g/mol. The molecule has 2 N–H and O–H groups in total. The van der Waals surface area contributed by atoms with E-state index in [1.54, 1.807) is 4.90 Å². The van der Waals surface area contributed by atoms with Gasteiger partial charge in [-0.1, -0.05) is 0 Å². The van der Waals surface area contributed by atoms with Crippen molar-refractivity contribution in [2.24, 2.45) is 5.92 Å². The molecule has 7 heteroatoms. The number of hydrogen-bond donors (Lipinski definition) is 2. The summed E-state index contributed by atoms with van der Waals surface area (Å²) in [6.07, 6.45) is 3.18. The number of carbonyl (C=O) groups excluding carboxylic acids is 2.